The molecule has 27 heavy (non-hydrogen) atoms. The highest BCUT2D eigenvalue weighted by Gasteiger charge is 2.35. The summed E-state index contributed by atoms with van der Waals surface area (Å²) in [5, 5.41) is 23.4. The number of aliphatic hydroxyl groups is 1. The Balaban J connectivity index is 1.56. The Morgan fingerprint density at radius 2 is 2.00 bits per heavy atom. The lowest BCUT2D eigenvalue weighted by atomic mass is 9.91. The summed E-state index contributed by atoms with van der Waals surface area (Å²) in [6.45, 7) is 0.793. The number of hydrogen-bond donors (Lipinski definition) is 3. The Morgan fingerprint density at radius 3 is 2.67 bits per heavy atom. The van der Waals surface area contributed by atoms with Gasteiger partial charge in [0.05, 0.1) is 24.0 Å². The van der Waals surface area contributed by atoms with Gasteiger partial charge in [0.25, 0.3) is 5.91 Å². The van der Waals surface area contributed by atoms with Crippen LogP contribution in [0.5, 0.6) is 0 Å². The first kappa shape index (κ1) is 18.8. The number of nitrogens with one attached hydrogen (secondary N) is 2. The molecular formula is C17H21FN6O3. The highest BCUT2D eigenvalue weighted by Crippen LogP contribution is 2.25. The summed E-state index contributed by atoms with van der Waals surface area (Å²) in [5.41, 5.74) is -0.780. The van der Waals surface area contributed by atoms with Gasteiger partial charge in [0.1, 0.15) is 5.82 Å². The Kier molecular flexibility index (Phi) is 5.36. The van der Waals surface area contributed by atoms with Gasteiger partial charge >= 0.3 is 6.03 Å². The van der Waals surface area contributed by atoms with Crippen LogP contribution in [-0.2, 0) is 6.54 Å². The highest BCUT2D eigenvalue weighted by atomic mass is 19.1. The average molecular weight is 376 g/mol. The Hall–Kier alpha value is -3.01. The van der Waals surface area contributed by atoms with E-state index in [4.69, 9.17) is 0 Å². The van der Waals surface area contributed by atoms with Gasteiger partial charge in [-0.2, -0.15) is 0 Å². The van der Waals surface area contributed by atoms with Crippen LogP contribution in [0, 0.1) is 5.82 Å². The van der Waals surface area contributed by atoms with Crippen LogP contribution in [0.2, 0.25) is 0 Å². The van der Waals surface area contributed by atoms with E-state index >= 15 is 0 Å². The van der Waals surface area contributed by atoms with E-state index in [2.05, 4.69) is 20.9 Å². The molecule has 0 saturated carbocycles. The topological polar surface area (TPSA) is 112 Å². The van der Waals surface area contributed by atoms with E-state index in [1.165, 1.54) is 35.0 Å². The summed E-state index contributed by atoms with van der Waals surface area (Å²) < 4.78 is 15.1. The zero-order valence-electron chi connectivity index (χ0n) is 14.9. The van der Waals surface area contributed by atoms with Crippen molar-refractivity contribution in [2.45, 2.75) is 25.0 Å². The van der Waals surface area contributed by atoms with Gasteiger partial charge in [-0.25, -0.2) is 13.9 Å². The van der Waals surface area contributed by atoms with Gasteiger partial charge in [-0.05, 0) is 25.0 Å². The van der Waals surface area contributed by atoms with E-state index in [1.54, 1.807) is 12.1 Å². The Bertz CT molecular complexity index is 832. The maximum Gasteiger partial charge on any atom is 0.321 e. The number of anilines is 1. The Morgan fingerprint density at radius 1 is 1.30 bits per heavy atom. The number of benzene rings is 1. The number of hydrogen-bond acceptors (Lipinski definition) is 5. The lowest BCUT2D eigenvalue weighted by Gasteiger charge is -2.37. The summed E-state index contributed by atoms with van der Waals surface area (Å²) in [7, 11) is 1.50. The molecule has 3 rings (SSSR count). The van der Waals surface area contributed by atoms with Crippen LogP contribution in [-0.4, -0.2) is 62.7 Å². The summed E-state index contributed by atoms with van der Waals surface area (Å²) >= 11 is 0. The van der Waals surface area contributed by atoms with Crippen molar-refractivity contribution in [2.24, 2.45) is 0 Å². The molecule has 1 fully saturated rings. The van der Waals surface area contributed by atoms with Crippen LogP contribution in [0.25, 0.3) is 0 Å². The highest BCUT2D eigenvalue weighted by molar-refractivity contribution is 5.91. The van der Waals surface area contributed by atoms with Gasteiger partial charge in [0, 0.05) is 20.1 Å². The minimum Gasteiger partial charge on any atom is -0.388 e. The van der Waals surface area contributed by atoms with Crippen molar-refractivity contribution >= 4 is 17.6 Å². The van der Waals surface area contributed by atoms with Crippen molar-refractivity contribution in [3.05, 3.63) is 42.0 Å². The number of para-hydroxylation sites is 1. The van der Waals surface area contributed by atoms with E-state index in [0.717, 1.165) is 0 Å². The number of urea groups is 1. The van der Waals surface area contributed by atoms with Gasteiger partial charge in [-0.3, -0.25) is 4.79 Å². The van der Waals surface area contributed by atoms with Crippen LogP contribution < -0.4 is 10.6 Å². The number of likely N-dealkylation sites (tertiary alicyclic amines) is 1. The number of piperidine rings is 1. The second-order valence-electron chi connectivity index (χ2n) is 6.50. The van der Waals surface area contributed by atoms with E-state index in [0.29, 0.717) is 25.9 Å². The normalized spacial score (nSPS) is 16.0. The minimum atomic E-state index is -1.07. The number of rotatable bonds is 4. The van der Waals surface area contributed by atoms with Crippen LogP contribution in [0.1, 0.15) is 23.3 Å². The second kappa shape index (κ2) is 7.70. The first-order valence-corrected chi connectivity index (χ1v) is 8.55. The summed E-state index contributed by atoms with van der Waals surface area (Å²) in [4.78, 5) is 25.3. The zero-order valence-corrected chi connectivity index (χ0v) is 14.9. The molecule has 1 aliphatic heterocycles. The molecular weight excluding hydrogens is 355 g/mol. The molecule has 2 heterocycles. The van der Waals surface area contributed by atoms with Gasteiger partial charge in [-0.1, -0.05) is 17.3 Å². The molecule has 0 radical (unpaired) electrons. The molecule has 0 bridgehead atoms. The first-order chi connectivity index (χ1) is 12.9. The van der Waals surface area contributed by atoms with Crippen LogP contribution >= 0.6 is 0 Å². The minimum absolute atomic E-state index is 0.118. The predicted octanol–water partition coefficient (Wildman–Crippen LogP) is 0.836. The predicted molar refractivity (Wildman–Crippen MR) is 94.6 cm³/mol. The fraction of sp³-hybridized carbons (Fsp3) is 0.412. The molecule has 3 amide bonds. The smallest absolute Gasteiger partial charge is 0.321 e. The molecule has 2 aromatic rings. The van der Waals surface area contributed by atoms with E-state index < -0.39 is 17.4 Å². The summed E-state index contributed by atoms with van der Waals surface area (Å²) in [5.74, 6) is -0.856. The number of nitrogens with zero attached hydrogens (tertiary/aromatic N) is 4. The first-order valence-electron chi connectivity index (χ1n) is 8.55. The third-order valence-corrected chi connectivity index (χ3v) is 4.55. The summed E-state index contributed by atoms with van der Waals surface area (Å²) in [6, 6.07) is 5.53. The van der Waals surface area contributed by atoms with Crippen LogP contribution in [0.15, 0.2) is 30.5 Å². The number of carbonyl (C=O) groups is 2. The largest absolute Gasteiger partial charge is 0.388 e. The summed E-state index contributed by atoms with van der Waals surface area (Å²) in [6.07, 6.45) is 2.12. The van der Waals surface area contributed by atoms with Gasteiger partial charge < -0.3 is 20.6 Å². The molecule has 0 spiro atoms. The van der Waals surface area contributed by atoms with Crippen molar-refractivity contribution in [1.82, 2.24) is 25.2 Å². The molecule has 9 nitrogen and oxygen atoms in total. The number of aromatic nitrogens is 3. The van der Waals surface area contributed by atoms with Crippen molar-refractivity contribution < 1.29 is 19.1 Å². The SMILES string of the molecule is CNC(=O)c1cn(CC2(O)CCN(C(=O)Nc3ccccc3F)CC2)nn1. The van der Waals surface area contributed by atoms with Gasteiger partial charge in [0.2, 0.25) is 0 Å². The molecule has 0 aliphatic carbocycles. The van der Waals surface area contributed by atoms with E-state index in [-0.39, 0.29) is 23.8 Å². The number of carbonyl (C=O) groups excluding carboxylic acids is 2. The maximum atomic E-state index is 13.6. The molecule has 3 N–H and O–H groups in total. The Labute approximate surface area is 155 Å². The quantitative estimate of drug-likeness (QED) is 0.732. The molecule has 1 saturated heterocycles. The molecule has 144 valence electrons. The number of amides is 3. The maximum absolute atomic E-state index is 13.6. The van der Waals surface area contributed by atoms with Crippen molar-refractivity contribution in [3.63, 3.8) is 0 Å². The molecule has 0 unspecified atom stereocenters. The van der Waals surface area contributed by atoms with Crippen molar-refractivity contribution in [3.8, 4) is 0 Å². The molecule has 10 heteroatoms. The zero-order chi connectivity index (χ0) is 19.4. The van der Waals surface area contributed by atoms with E-state index in [1.807, 2.05) is 0 Å². The van der Waals surface area contributed by atoms with E-state index in [9.17, 15) is 19.1 Å². The average Bonchev–Trinajstić information content (AvgIpc) is 3.11. The molecule has 1 aliphatic rings. The van der Waals surface area contributed by atoms with Crippen LogP contribution in [0.3, 0.4) is 0 Å². The fourth-order valence-electron chi connectivity index (χ4n) is 2.95. The van der Waals surface area contributed by atoms with Gasteiger partial charge in [0.15, 0.2) is 5.69 Å². The lowest BCUT2D eigenvalue weighted by Crippen LogP contribution is -2.49. The van der Waals surface area contributed by atoms with Crippen molar-refractivity contribution in [2.75, 3.05) is 25.5 Å². The second-order valence-corrected chi connectivity index (χ2v) is 6.50. The van der Waals surface area contributed by atoms with Crippen LogP contribution in [0.4, 0.5) is 14.9 Å². The third-order valence-electron chi connectivity index (χ3n) is 4.55. The molecule has 1 aromatic heterocycles. The van der Waals surface area contributed by atoms with Gasteiger partial charge in [-0.15, -0.1) is 5.10 Å². The standard InChI is InChI=1S/C17H21FN6O3/c1-19-15(25)14-10-24(22-21-14)11-17(27)6-8-23(9-7-17)16(26)20-13-5-3-2-4-12(13)18/h2-5,10,27H,6-9,11H2,1H3,(H,19,25)(H,20,26). The third kappa shape index (κ3) is 4.40. The number of halogens is 1. The molecule has 0 atom stereocenters. The van der Waals surface area contributed by atoms with Crippen molar-refractivity contribution in [1.29, 1.82) is 0 Å². The lowest BCUT2D eigenvalue weighted by molar-refractivity contribution is -0.0276. The fourth-order valence-corrected chi connectivity index (χ4v) is 2.95. The monoisotopic (exact) mass is 376 g/mol. The molecule has 1 aromatic carbocycles.